The highest BCUT2D eigenvalue weighted by atomic mass is 35.5. The highest BCUT2D eigenvalue weighted by Crippen LogP contribution is 2.20. The molecule has 2 heterocycles. The van der Waals surface area contributed by atoms with Gasteiger partial charge in [0.15, 0.2) is 10.9 Å². The first-order valence-corrected chi connectivity index (χ1v) is 10.9. The van der Waals surface area contributed by atoms with Gasteiger partial charge in [0.05, 0.1) is 11.2 Å². The van der Waals surface area contributed by atoms with Crippen LogP contribution in [0.25, 0.3) is 0 Å². The van der Waals surface area contributed by atoms with Crippen LogP contribution in [0.2, 0.25) is 5.02 Å². The Morgan fingerprint density at radius 2 is 1.96 bits per heavy atom. The fraction of sp³-hybridized carbons (Fsp3) is 0.400. The maximum atomic E-state index is 12.7. The normalized spacial score (nSPS) is 14.7. The van der Waals surface area contributed by atoms with Crippen LogP contribution in [-0.4, -0.2) is 52.1 Å². The molecule has 6 nitrogen and oxygen atoms in total. The Morgan fingerprint density at radius 1 is 1.25 bits per heavy atom. The number of benzene rings is 1. The van der Waals surface area contributed by atoms with E-state index in [4.69, 9.17) is 11.6 Å². The van der Waals surface area contributed by atoms with Crippen molar-refractivity contribution in [3.05, 3.63) is 52.8 Å². The molecule has 0 atom stereocenters. The van der Waals surface area contributed by atoms with Gasteiger partial charge in [-0.05, 0) is 31.1 Å². The molecule has 2 aromatic rings. The molecule has 1 saturated heterocycles. The van der Waals surface area contributed by atoms with E-state index in [1.807, 2.05) is 36.6 Å². The SMILES string of the molecule is CSc1ncc(Cl)c(C(=O)N2CCC(NC(=O)CCc3ccccc3)CC2)n1. The number of nitrogens with zero attached hydrogens (tertiary/aromatic N) is 3. The molecule has 1 aromatic heterocycles. The number of nitrogens with one attached hydrogen (secondary N) is 1. The molecule has 8 heteroatoms. The first-order chi connectivity index (χ1) is 13.6. The van der Waals surface area contributed by atoms with E-state index in [1.54, 1.807) is 4.90 Å². The third kappa shape index (κ3) is 5.45. The van der Waals surface area contributed by atoms with Gasteiger partial charge in [-0.15, -0.1) is 0 Å². The van der Waals surface area contributed by atoms with E-state index in [2.05, 4.69) is 15.3 Å². The number of piperidine rings is 1. The molecule has 1 aliphatic heterocycles. The average Bonchev–Trinajstić information content (AvgIpc) is 2.73. The molecule has 1 fully saturated rings. The molecular formula is C20H23ClN4O2S. The minimum Gasteiger partial charge on any atom is -0.353 e. The third-order valence-corrected chi connectivity index (χ3v) is 5.58. The summed E-state index contributed by atoms with van der Waals surface area (Å²) in [5.74, 6) is -0.131. The van der Waals surface area contributed by atoms with Crippen LogP contribution in [0.5, 0.6) is 0 Å². The lowest BCUT2D eigenvalue weighted by Gasteiger charge is -2.32. The molecule has 3 rings (SSSR count). The van der Waals surface area contributed by atoms with Crippen molar-refractivity contribution in [3.8, 4) is 0 Å². The Morgan fingerprint density at radius 3 is 2.64 bits per heavy atom. The molecule has 148 valence electrons. The number of amides is 2. The summed E-state index contributed by atoms with van der Waals surface area (Å²) in [4.78, 5) is 35.0. The minimum absolute atomic E-state index is 0.0529. The predicted molar refractivity (Wildman–Crippen MR) is 111 cm³/mol. The van der Waals surface area contributed by atoms with Crippen molar-refractivity contribution >= 4 is 35.2 Å². The zero-order valence-corrected chi connectivity index (χ0v) is 17.3. The monoisotopic (exact) mass is 418 g/mol. The summed E-state index contributed by atoms with van der Waals surface area (Å²) in [6.07, 6.45) is 5.96. The van der Waals surface area contributed by atoms with Crippen LogP contribution in [0.15, 0.2) is 41.7 Å². The molecule has 1 aliphatic rings. The second-order valence-electron chi connectivity index (χ2n) is 6.67. The van der Waals surface area contributed by atoms with Crippen LogP contribution in [0.4, 0.5) is 0 Å². The van der Waals surface area contributed by atoms with E-state index < -0.39 is 0 Å². The van der Waals surface area contributed by atoms with E-state index in [-0.39, 0.29) is 28.6 Å². The van der Waals surface area contributed by atoms with Gasteiger partial charge in [-0.2, -0.15) is 0 Å². The van der Waals surface area contributed by atoms with Crippen molar-refractivity contribution in [3.63, 3.8) is 0 Å². The molecule has 0 spiro atoms. The zero-order chi connectivity index (χ0) is 19.9. The van der Waals surface area contributed by atoms with Crippen molar-refractivity contribution in [1.29, 1.82) is 0 Å². The van der Waals surface area contributed by atoms with Gasteiger partial charge in [0, 0.05) is 25.6 Å². The summed E-state index contributed by atoms with van der Waals surface area (Å²) in [5.41, 5.74) is 1.40. The number of halogens is 1. The van der Waals surface area contributed by atoms with E-state index in [0.717, 1.165) is 24.8 Å². The number of hydrogen-bond acceptors (Lipinski definition) is 5. The predicted octanol–water partition coefficient (Wildman–Crippen LogP) is 3.21. The summed E-state index contributed by atoms with van der Waals surface area (Å²) < 4.78 is 0. The van der Waals surface area contributed by atoms with Crippen molar-refractivity contribution in [2.24, 2.45) is 0 Å². The summed E-state index contributed by atoms with van der Waals surface area (Å²) in [6, 6.07) is 10.1. The molecule has 0 unspecified atom stereocenters. The van der Waals surface area contributed by atoms with E-state index in [0.29, 0.717) is 24.7 Å². The van der Waals surface area contributed by atoms with Gasteiger partial charge in [0.25, 0.3) is 5.91 Å². The Balaban J connectivity index is 1.47. The number of carbonyl (C=O) groups excluding carboxylic acids is 2. The first kappa shape index (κ1) is 20.6. The Kier molecular flexibility index (Phi) is 7.28. The molecule has 1 aromatic carbocycles. The number of carbonyl (C=O) groups is 2. The summed E-state index contributed by atoms with van der Waals surface area (Å²) >= 11 is 7.48. The Bertz CT molecular complexity index is 826. The minimum atomic E-state index is -0.184. The fourth-order valence-electron chi connectivity index (χ4n) is 3.18. The number of thioether (sulfide) groups is 1. The van der Waals surface area contributed by atoms with Crippen LogP contribution in [0.1, 0.15) is 35.3 Å². The van der Waals surface area contributed by atoms with Crippen LogP contribution in [0, 0.1) is 0 Å². The molecule has 1 N–H and O–H groups in total. The average molecular weight is 419 g/mol. The van der Waals surface area contributed by atoms with Gasteiger partial charge in [-0.3, -0.25) is 9.59 Å². The van der Waals surface area contributed by atoms with Crippen LogP contribution >= 0.6 is 23.4 Å². The second-order valence-corrected chi connectivity index (χ2v) is 7.85. The third-order valence-electron chi connectivity index (χ3n) is 4.74. The van der Waals surface area contributed by atoms with Crippen molar-refractivity contribution in [1.82, 2.24) is 20.2 Å². The fourth-order valence-corrected chi connectivity index (χ4v) is 3.69. The second kappa shape index (κ2) is 9.89. The van der Waals surface area contributed by atoms with Gasteiger partial charge in [0.2, 0.25) is 5.91 Å². The smallest absolute Gasteiger partial charge is 0.274 e. The highest BCUT2D eigenvalue weighted by molar-refractivity contribution is 7.98. The van der Waals surface area contributed by atoms with Gasteiger partial charge >= 0.3 is 0 Å². The quantitative estimate of drug-likeness (QED) is 0.576. The number of likely N-dealkylation sites (tertiary alicyclic amines) is 1. The van der Waals surface area contributed by atoms with Crippen LogP contribution in [-0.2, 0) is 11.2 Å². The van der Waals surface area contributed by atoms with Gasteiger partial charge < -0.3 is 10.2 Å². The molecule has 28 heavy (non-hydrogen) atoms. The lowest BCUT2D eigenvalue weighted by molar-refractivity contribution is -0.122. The number of aromatic nitrogens is 2. The molecule has 0 aliphatic carbocycles. The number of rotatable bonds is 6. The number of hydrogen-bond donors (Lipinski definition) is 1. The largest absolute Gasteiger partial charge is 0.353 e. The van der Waals surface area contributed by atoms with Gasteiger partial charge in [0.1, 0.15) is 0 Å². The zero-order valence-electron chi connectivity index (χ0n) is 15.7. The van der Waals surface area contributed by atoms with E-state index in [9.17, 15) is 9.59 Å². The first-order valence-electron chi connectivity index (χ1n) is 9.26. The molecule has 0 bridgehead atoms. The Hall–Kier alpha value is -2.12. The van der Waals surface area contributed by atoms with E-state index >= 15 is 0 Å². The van der Waals surface area contributed by atoms with E-state index in [1.165, 1.54) is 18.0 Å². The molecule has 0 saturated carbocycles. The highest BCUT2D eigenvalue weighted by Gasteiger charge is 2.27. The molecule has 0 radical (unpaired) electrons. The van der Waals surface area contributed by atoms with Crippen LogP contribution in [0.3, 0.4) is 0 Å². The lowest BCUT2D eigenvalue weighted by atomic mass is 10.0. The summed E-state index contributed by atoms with van der Waals surface area (Å²) in [7, 11) is 0. The standard InChI is InChI=1S/C20H23ClN4O2S/c1-28-20-22-13-16(21)18(24-20)19(27)25-11-9-15(10-12-25)23-17(26)8-7-14-5-3-2-4-6-14/h2-6,13,15H,7-12H2,1H3,(H,23,26). The molecular weight excluding hydrogens is 396 g/mol. The maximum Gasteiger partial charge on any atom is 0.274 e. The van der Waals surface area contributed by atoms with Gasteiger partial charge in [-0.25, -0.2) is 9.97 Å². The molecule has 2 amide bonds. The van der Waals surface area contributed by atoms with Crippen molar-refractivity contribution < 1.29 is 9.59 Å². The topological polar surface area (TPSA) is 75.2 Å². The number of aryl methyl sites for hydroxylation is 1. The Labute approximate surface area is 174 Å². The summed E-state index contributed by atoms with van der Waals surface area (Å²) in [6.45, 7) is 1.13. The van der Waals surface area contributed by atoms with Crippen molar-refractivity contribution in [2.45, 2.75) is 36.9 Å². The maximum absolute atomic E-state index is 12.7. The lowest BCUT2D eigenvalue weighted by Crippen LogP contribution is -2.46. The van der Waals surface area contributed by atoms with Gasteiger partial charge in [-0.1, -0.05) is 53.7 Å². The summed E-state index contributed by atoms with van der Waals surface area (Å²) in [5, 5.41) is 3.87. The van der Waals surface area contributed by atoms with Crippen LogP contribution < -0.4 is 5.32 Å². The van der Waals surface area contributed by atoms with Crippen molar-refractivity contribution in [2.75, 3.05) is 19.3 Å².